The number of thiophene rings is 3. The van der Waals surface area contributed by atoms with Gasteiger partial charge in [0.05, 0.1) is 0 Å². The van der Waals surface area contributed by atoms with Crippen LogP contribution in [0, 0.1) is 5.92 Å². The second-order valence-corrected chi connectivity index (χ2v) is 46.0. The summed E-state index contributed by atoms with van der Waals surface area (Å²) in [5, 5.41) is 24.6. The molecule has 6 aliphatic carbocycles. The lowest BCUT2D eigenvalue weighted by Gasteiger charge is -2.31. The van der Waals surface area contributed by atoms with Gasteiger partial charge in [0.2, 0.25) is 0 Å². The van der Waals surface area contributed by atoms with E-state index in [0.29, 0.717) is 5.92 Å². The zero-order chi connectivity index (χ0) is 95.4. The molecule has 0 saturated carbocycles. The molecule has 3 heterocycles. The van der Waals surface area contributed by atoms with Gasteiger partial charge in [0.1, 0.15) is 0 Å². The normalized spacial score (nSPS) is 16.7. The zero-order valence-electron chi connectivity index (χ0n) is 81.1. The predicted octanol–water partition coefficient (Wildman–Crippen LogP) is 40.1. The van der Waals surface area contributed by atoms with E-state index in [0.717, 1.165) is 19.3 Å². The van der Waals surface area contributed by atoms with Crippen LogP contribution < -0.4 is 0 Å². The van der Waals surface area contributed by atoms with Crippen LogP contribution in [0.5, 0.6) is 0 Å². The van der Waals surface area contributed by atoms with Gasteiger partial charge >= 0.3 is 0 Å². The van der Waals surface area contributed by atoms with Gasteiger partial charge in [0.25, 0.3) is 0 Å². The van der Waals surface area contributed by atoms with Crippen LogP contribution in [-0.4, -0.2) is 0 Å². The van der Waals surface area contributed by atoms with Crippen LogP contribution in [0.1, 0.15) is 126 Å². The van der Waals surface area contributed by atoms with Crippen molar-refractivity contribution in [3.63, 3.8) is 0 Å². The molecule has 21 aromatic carbocycles. The maximum Gasteiger partial charge on any atom is 0.0399 e. The molecule has 0 bridgehead atoms. The van der Waals surface area contributed by atoms with Crippen molar-refractivity contribution in [1.29, 1.82) is 0 Å². The van der Waals surface area contributed by atoms with Gasteiger partial charge in [-0.25, -0.2) is 0 Å². The number of benzene rings is 21. The molecule has 3 unspecified atom stereocenters. The lowest BCUT2D eigenvalue weighted by atomic mass is 9.72. The molecule has 0 aliphatic heterocycles. The SMILES string of the molecule is CC1(C)C2=CCC(c3c4ccccc4c(-c4ccc(C5C=Cc6cc(-c7ccc8sc9c(c8c7)C(C)(C)c7ccc(-c8c%10ccccc%10c(-c%10cccc(-c%11ccc%12ccccc%12c%11)c%10)c%10ccccc8%10)cc7-9)ccc6C5)cc4)c4ccccc34)C=C2c2sc3ccc(-c4cccc5ccc(-c6ccccc6-c6c7ccccc7c(C7=CCC8C(=C7)c7sc9ccccc9c7C8(C)C)c7ccccc67)cc45)cc3c21. The van der Waals surface area contributed by atoms with E-state index in [9.17, 15) is 0 Å². The van der Waals surface area contributed by atoms with E-state index in [1.807, 2.05) is 34.0 Å². The first-order valence-electron chi connectivity index (χ1n) is 51.3. The third-order valence-corrected chi connectivity index (χ3v) is 37.7. The van der Waals surface area contributed by atoms with Crippen molar-refractivity contribution >= 4 is 173 Å². The van der Waals surface area contributed by atoms with E-state index in [1.54, 1.807) is 0 Å². The number of hydrogen-bond acceptors (Lipinski definition) is 3. The molecule has 3 heteroatoms. The van der Waals surface area contributed by atoms with Gasteiger partial charge in [-0.05, 0) is 367 Å². The van der Waals surface area contributed by atoms with Crippen LogP contribution in [-0.2, 0) is 22.7 Å². The van der Waals surface area contributed by atoms with Crippen LogP contribution in [0.25, 0.3) is 239 Å². The van der Waals surface area contributed by atoms with Crippen molar-refractivity contribution in [2.45, 2.75) is 88.9 Å². The first-order chi connectivity index (χ1) is 70.6. The Hall–Kier alpha value is -15.7. The maximum absolute atomic E-state index is 2.68. The van der Waals surface area contributed by atoms with Gasteiger partial charge in [0.15, 0.2) is 0 Å². The predicted molar refractivity (Wildman–Crippen MR) is 622 cm³/mol. The number of fused-ring (bicyclic) bond motifs is 24. The Labute approximate surface area is 850 Å². The highest BCUT2D eigenvalue weighted by molar-refractivity contribution is 7.23. The minimum Gasteiger partial charge on any atom is -0.135 e. The van der Waals surface area contributed by atoms with Gasteiger partial charge in [-0.3, -0.25) is 0 Å². The van der Waals surface area contributed by atoms with Crippen molar-refractivity contribution < 1.29 is 0 Å². The average molecular weight is 1890 g/mol. The lowest BCUT2D eigenvalue weighted by Crippen LogP contribution is -2.24. The summed E-state index contributed by atoms with van der Waals surface area (Å²) in [4.78, 5) is 4.29. The monoisotopic (exact) mass is 1890 g/mol. The fourth-order valence-corrected chi connectivity index (χ4v) is 31.6. The summed E-state index contributed by atoms with van der Waals surface area (Å²) >= 11 is 5.93. The van der Waals surface area contributed by atoms with Crippen molar-refractivity contribution in [1.82, 2.24) is 0 Å². The molecule has 0 radical (unpaired) electrons. The Kier molecular flexibility index (Phi) is 18.5. The van der Waals surface area contributed by atoms with E-state index in [4.69, 9.17) is 0 Å². The summed E-state index contributed by atoms with van der Waals surface area (Å²) < 4.78 is 4.07. The van der Waals surface area contributed by atoms with Gasteiger partial charge in [-0.2, -0.15) is 0 Å². The van der Waals surface area contributed by atoms with Crippen molar-refractivity contribution in [3.8, 4) is 99.5 Å². The largest absolute Gasteiger partial charge is 0.135 e. The summed E-state index contributed by atoms with van der Waals surface area (Å²) in [6.45, 7) is 14.8. The molecule has 3 aromatic heterocycles. The molecular formula is C141H98S3. The van der Waals surface area contributed by atoms with Gasteiger partial charge in [0, 0.05) is 51.4 Å². The fraction of sp³-hybridized carbons (Fsp3) is 0.106. The Morgan fingerprint density at radius 2 is 0.750 bits per heavy atom. The molecule has 0 saturated heterocycles. The Bertz CT molecular complexity index is 9810. The topological polar surface area (TPSA) is 0 Å². The summed E-state index contributed by atoms with van der Waals surface area (Å²) in [6, 6.07) is 151. The lowest BCUT2D eigenvalue weighted by molar-refractivity contribution is 0.418. The molecule has 6 aliphatic rings. The van der Waals surface area contributed by atoms with Crippen LogP contribution in [0.15, 0.2) is 430 Å². The molecule has 0 nitrogen and oxygen atoms in total. The summed E-state index contributed by atoms with van der Waals surface area (Å²) in [5.41, 5.74) is 39.4. The molecule has 0 amide bonds. The first-order valence-corrected chi connectivity index (χ1v) is 53.7. The third kappa shape index (κ3) is 12.5. The second kappa shape index (κ2) is 31.6. The first kappa shape index (κ1) is 84.0. The van der Waals surface area contributed by atoms with Crippen LogP contribution >= 0.6 is 34.0 Å². The summed E-state index contributed by atoms with van der Waals surface area (Å²) in [7, 11) is 0. The third-order valence-electron chi connectivity index (χ3n) is 34.1. The maximum atomic E-state index is 2.68. The number of allylic oxidation sites excluding steroid dienone is 9. The molecule has 680 valence electrons. The second-order valence-electron chi connectivity index (χ2n) is 42.9. The molecule has 0 spiro atoms. The summed E-state index contributed by atoms with van der Waals surface area (Å²) in [5.74, 6) is 0.881. The minimum atomic E-state index is -0.194. The van der Waals surface area contributed by atoms with Crippen molar-refractivity contribution in [2.24, 2.45) is 5.92 Å². The van der Waals surface area contributed by atoms with E-state index in [2.05, 4.69) is 472 Å². The highest BCUT2D eigenvalue weighted by atomic mass is 32.1. The molecule has 144 heavy (non-hydrogen) atoms. The summed E-state index contributed by atoms with van der Waals surface area (Å²) in [6.07, 6.45) is 18.2. The Balaban J connectivity index is 0.434. The minimum absolute atomic E-state index is 0.0439. The van der Waals surface area contributed by atoms with Crippen molar-refractivity contribution in [2.75, 3.05) is 0 Å². The molecular weight excluding hydrogens is 1790 g/mol. The van der Waals surface area contributed by atoms with E-state index in [1.165, 1.54) is 298 Å². The molecule has 3 atom stereocenters. The molecule has 0 fully saturated rings. The van der Waals surface area contributed by atoms with Gasteiger partial charge < -0.3 is 0 Å². The fourth-order valence-electron chi connectivity index (χ4n) is 27.4. The highest BCUT2D eigenvalue weighted by Crippen LogP contribution is 2.64. The number of hydrogen-bond donors (Lipinski definition) is 0. The Morgan fingerprint density at radius 1 is 0.278 bits per heavy atom. The van der Waals surface area contributed by atoms with E-state index in [-0.39, 0.29) is 28.1 Å². The zero-order valence-corrected chi connectivity index (χ0v) is 83.5. The molecule has 24 aromatic rings. The van der Waals surface area contributed by atoms with Gasteiger partial charge in [-0.1, -0.05) is 406 Å². The van der Waals surface area contributed by atoms with Crippen LogP contribution in [0.2, 0.25) is 0 Å². The quantitative estimate of drug-likeness (QED) is 0.113. The van der Waals surface area contributed by atoms with Crippen LogP contribution in [0.4, 0.5) is 0 Å². The molecule has 30 rings (SSSR count). The van der Waals surface area contributed by atoms with E-state index < -0.39 is 0 Å². The number of rotatable bonds is 11. The van der Waals surface area contributed by atoms with Crippen LogP contribution in [0.3, 0.4) is 0 Å². The smallest absolute Gasteiger partial charge is 0.0399 e. The van der Waals surface area contributed by atoms with Crippen molar-refractivity contribution in [3.05, 3.63) is 490 Å². The van der Waals surface area contributed by atoms with E-state index >= 15 is 0 Å². The average Bonchev–Trinajstić information content (AvgIpc) is 1.55. The Morgan fingerprint density at radius 3 is 1.45 bits per heavy atom. The highest BCUT2D eigenvalue weighted by Gasteiger charge is 2.48. The van der Waals surface area contributed by atoms with Gasteiger partial charge in [-0.15, -0.1) is 34.0 Å². The molecule has 0 N–H and O–H groups in total. The standard InChI is InChI=1S/C141H98S3/c1-139(2)121-66-61-98(78-116(121)136-133(139)114-46-23-24-48-124(114)142-136)131-110-42-19-21-44-112(110)132(113-45-22-20-43-111(113)131)101-33-10-9-32-99(101)93-60-52-83-29-26-47-100(115(83)76-93)94-65-70-126-120(77-94)135-138(144-126)118-79-96(62-68-123(118)141(135,5)6)129-104-36-13-11-34-102(104)127(103-35-12-14-37-105(103)129)84-53-49-82(50-54-84)87-56-57-90-73-91(59-58-89(90)72-87)92-64-69-125-119(75-92)134-137(143-125)117-80-97(63-67-122(117)140(134,3)4)130-108-40-17-15-38-106(108)128(107-39-16-18-41-109(107)130)95-31-25-30-86(74-95)88-55-51-81-27-7-8-28-85(81)71-88/h7-61,63-65,67-71,73-80,87,96,121H,62,66,72H2,1-6H3.